The predicted octanol–water partition coefficient (Wildman–Crippen LogP) is 1.18. The van der Waals surface area contributed by atoms with Crippen molar-refractivity contribution in [2.75, 3.05) is 18.6 Å². The largest absolute Gasteiger partial charge is 0.506 e. The molecule has 1 aromatic carbocycles. The van der Waals surface area contributed by atoms with Crippen molar-refractivity contribution in [2.24, 2.45) is 0 Å². The molecule has 0 bridgehead atoms. The molecule has 16 heavy (non-hydrogen) atoms. The third-order valence-electron chi connectivity index (χ3n) is 1.99. The van der Waals surface area contributed by atoms with Crippen LogP contribution in [0, 0.1) is 0 Å². The molecule has 0 fully saturated rings. The Balaban J connectivity index is 2.41. The highest BCUT2D eigenvalue weighted by molar-refractivity contribution is 7.90. The first-order valence-electron chi connectivity index (χ1n) is 4.74. The van der Waals surface area contributed by atoms with Gasteiger partial charge in [0.1, 0.15) is 15.6 Å². The zero-order valence-electron chi connectivity index (χ0n) is 8.90. The summed E-state index contributed by atoms with van der Waals surface area (Å²) in [5.41, 5.74) is 0.899. The van der Waals surface area contributed by atoms with Gasteiger partial charge in [0.25, 0.3) is 0 Å². The first-order chi connectivity index (χ1) is 7.38. The average molecular weight is 264 g/mol. The zero-order chi connectivity index (χ0) is 12.2. The van der Waals surface area contributed by atoms with Crippen LogP contribution < -0.4 is 5.32 Å². The van der Waals surface area contributed by atoms with E-state index in [9.17, 15) is 13.5 Å². The lowest BCUT2D eigenvalue weighted by Crippen LogP contribution is -2.21. The van der Waals surface area contributed by atoms with E-state index in [1.54, 1.807) is 12.1 Å². The Morgan fingerprint density at radius 1 is 1.44 bits per heavy atom. The Morgan fingerprint density at radius 3 is 2.69 bits per heavy atom. The Labute approximate surface area is 100 Å². The number of sulfone groups is 1. The fraction of sp³-hybridized carbons (Fsp3) is 0.400. The van der Waals surface area contributed by atoms with Crippen molar-refractivity contribution in [1.82, 2.24) is 5.32 Å². The van der Waals surface area contributed by atoms with Crippen molar-refractivity contribution in [1.29, 1.82) is 0 Å². The molecule has 1 rings (SSSR count). The van der Waals surface area contributed by atoms with E-state index in [-0.39, 0.29) is 11.5 Å². The molecule has 0 aliphatic heterocycles. The minimum atomic E-state index is -2.92. The summed E-state index contributed by atoms with van der Waals surface area (Å²) in [4.78, 5) is 0. The van der Waals surface area contributed by atoms with E-state index in [4.69, 9.17) is 11.6 Å². The van der Waals surface area contributed by atoms with E-state index in [1.165, 1.54) is 12.3 Å². The lowest BCUT2D eigenvalue weighted by atomic mass is 10.2. The van der Waals surface area contributed by atoms with Crippen LogP contribution >= 0.6 is 11.6 Å². The third-order valence-corrected chi connectivity index (χ3v) is 3.24. The molecule has 0 aromatic heterocycles. The number of rotatable bonds is 5. The first-order valence-corrected chi connectivity index (χ1v) is 7.18. The van der Waals surface area contributed by atoms with Crippen LogP contribution in [-0.2, 0) is 16.4 Å². The predicted molar refractivity (Wildman–Crippen MR) is 64.5 cm³/mol. The van der Waals surface area contributed by atoms with E-state index in [0.29, 0.717) is 18.1 Å². The van der Waals surface area contributed by atoms with Crippen molar-refractivity contribution >= 4 is 21.4 Å². The highest BCUT2D eigenvalue weighted by Crippen LogP contribution is 2.23. The fourth-order valence-corrected chi connectivity index (χ4v) is 1.87. The maximum Gasteiger partial charge on any atom is 0.148 e. The molecule has 90 valence electrons. The van der Waals surface area contributed by atoms with E-state index in [0.717, 1.165) is 5.56 Å². The molecule has 0 heterocycles. The maximum atomic E-state index is 10.8. The van der Waals surface area contributed by atoms with Gasteiger partial charge in [0.2, 0.25) is 0 Å². The summed E-state index contributed by atoms with van der Waals surface area (Å²) in [5, 5.41) is 12.5. The molecular formula is C10H14ClNO3S. The molecule has 6 heteroatoms. The molecule has 0 saturated heterocycles. The minimum Gasteiger partial charge on any atom is -0.506 e. The number of phenols is 1. The molecule has 0 aliphatic rings. The van der Waals surface area contributed by atoms with Crippen LogP contribution in [0.3, 0.4) is 0 Å². The summed E-state index contributed by atoms with van der Waals surface area (Å²) in [6, 6.07) is 4.88. The molecule has 0 unspecified atom stereocenters. The summed E-state index contributed by atoms with van der Waals surface area (Å²) in [7, 11) is -2.92. The second-order valence-electron chi connectivity index (χ2n) is 3.59. The van der Waals surface area contributed by atoms with E-state index < -0.39 is 9.84 Å². The van der Waals surface area contributed by atoms with Crippen LogP contribution in [0.1, 0.15) is 5.56 Å². The van der Waals surface area contributed by atoms with Gasteiger partial charge in [-0.15, -0.1) is 0 Å². The second-order valence-corrected chi connectivity index (χ2v) is 6.26. The Bertz CT molecular complexity index is 459. The number of nitrogens with one attached hydrogen (secondary N) is 1. The molecule has 0 amide bonds. The molecule has 1 aromatic rings. The average Bonchev–Trinajstić information content (AvgIpc) is 2.17. The number of benzene rings is 1. The Morgan fingerprint density at radius 2 is 2.12 bits per heavy atom. The summed E-state index contributed by atoms with van der Waals surface area (Å²) >= 11 is 5.73. The van der Waals surface area contributed by atoms with Gasteiger partial charge in [-0.1, -0.05) is 17.7 Å². The number of aromatic hydroxyl groups is 1. The Hall–Kier alpha value is -0.780. The van der Waals surface area contributed by atoms with E-state index in [2.05, 4.69) is 5.32 Å². The molecular weight excluding hydrogens is 250 g/mol. The van der Waals surface area contributed by atoms with Crippen LogP contribution in [0.4, 0.5) is 0 Å². The normalized spacial score (nSPS) is 11.6. The number of phenolic OH excluding ortho intramolecular Hbond substituents is 1. The van der Waals surface area contributed by atoms with Crippen molar-refractivity contribution in [2.45, 2.75) is 6.54 Å². The molecule has 0 aliphatic carbocycles. The Kier molecular flexibility index (Phi) is 4.58. The summed E-state index contributed by atoms with van der Waals surface area (Å²) in [5.74, 6) is 0.153. The van der Waals surface area contributed by atoms with Gasteiger partial charge in [-0.2, -0.15) is 0 Å². The van der Waals surface area contributed by atoms with E-state index in [1.807, 2.05) is 0 Å². The smallest absolute Gasteiger partial charge is 0.148 e. The number of hydrogen-bond donors (Lipinski definition) is 2. The van der Waals surface area contributed by atoms with Gasteiger partial charge in [-0.3, -0.25) is 0 Å². The van der Waals surface area contributed by atoms with Gasteiger partial charge >= 0.3 is 0 Å². The molecule has 0 atom stereocenters. The molecule has 0 saturated carbocycles. The van der Waals surface area contributed by atoms with Crippen molar-refractivity contribution < 1.29 is 13.5 Å². The molecule has 4 nitrogen and oxygen atoms in total. The SMILES string of the molecule is CS(=O)(=O)CCNCc1ccc(O)c(Cl)c1. The highest BCUT2D eigenvalue weighted by atomic mass is 35.5. The lowest BCUT2D eigenvalue weighted by molar-refractivity contribution is 0.475. The topological polar surface area (TPSA) is 66.4 Å². The number of hydrogen-bond acceptors (Lipinski definition) is 4. The summed E-state index contributed by atoms with van der Waals surface area (Å²) < 4.78 is 21.7. The number of halogens is 1. The van der Waals surface area contributed by atoms with E-state index >= 15 is 0 Å². The van der Waals surface area contributed by atoms with Gasteiger partial charge < -0.3 is 10.4 Å². The van der Waals surface area contributed by atoms with Gasteiger partial charge in [0.15, 0.2) is 0 Å². The lowest BCUT2D eigenvalue weighted by Gasteiger charge is -2.05. The van der Waals surface area contributed by atoms with Gasteiger partial charge in [0, 0.05) is 19.3 Å². The quantitative estimate of drug-likeness (QED) is 0.783. The first kappa shape index (κ1) is 13.3. The van der Waals surface area contributed by atoms with Crippen LogP contribution in [0.15, 0.2) is 18.2 Å². The molecule has 0 spiro atoms. The van der Waals surface area contributed by atoms with Crippen LogP contribution in [0.25, 0.3) is 0 Å². The fourth-order valence-electron chi connectivity index (χ4n) is 1.15. The zero-order valence-corrected chi connectivity index (χ0v) is 10.5. The van der Waals surface area contributed by atoms with Crippen molar-refractivity contribution in [3.8, 4) is 5.75 Å². The second kappa shape index (κ2) is 5.52. The van der Waals surface area contributed by atoms with Crippen LogP contribution in [-0.4, -0.2) is 32.1 Å². The molecule has 0 radical (unpaired) electrons. The van der Waals surface area contributed by atoms with Gasteiger partial charge in [-0.05, 0) is 17.7 Å². The van der Waals surface area contributed by atoms with Gasteiger partial charge in [-0.25, -0.2) is 8.42 Å². The molecule has 2 N–H and O–H groups in total. The van der Waals surface area contributed by atoms with Gasteiger partial charge in [0.05, 0.1) is 10.8 Å². The van der Waals surface area contributed by atoms with Crippen LogP contribution in [0.2, 0.25) is 5.02 Å². The van der Waals surface area contributed by atoms with Crippen molar-refractivity contribution in [3.05, 3.63) is 28.8 Å². The summed E-state index contributed by atoms with van der Waals surface area (Å²) in [6.07, 6.45) is 1.20. The van der Waals surface area contributed by atoms with Crippen LogP contribution in [0.5, 0.6) is 5.75 Å². The minimum absolute atomic E-state index is 0.0431. The summed E-state index contributed by atoms with van der Waals surface area (Å²) in [6.45, 7) is 0.923. The third kappa shape index (κ3) is 4.83. The monoisotopic (exact) mass is 263 g/mol. The van der Waals surface area contributed by atoms with Crippen molar-refractivity contribution in [3.63, 3.8) is 0 Å². The maximum absolute atomic E-state index is 10.8. The highest BCUT2D eigenvalue weighted by Gasteiger charge is 2.02. The standard InChI is InChI=1S/C10H14ClNO3S/c1-16(14,15)5-4-12-7-8-2-3-10(13)9(11)6-8/h2-3,6,12-13H,4-5,7H2,1H3.